The Labute approximate surface area is 120 Å². The fraction of sp³-hybridized carbons (Fsp3) is 0.438. The molecular weight excluding hydrogens is 250 g/mol. The van der Waals surface area contributed by atoms with Crippen molar-refractivity contribution in [2.24, 2.45) is 0 Å². The van der Waals surface area contributed by atoms with Gasteiger partial charge in [-0.15, -0.1) is 0 Å². The van der Waals surface area contributed by atoms with Crippen molar-refractivity contribution < 1.29 is 4.74 Å². The predicted molar refractivity (Wildman–Crippen MR) is 85.0 cm³/mol. The number of fused-ring (bicyclic) bond motifs is 1. The lowest BCUT2D eigenvalue weighted by Crippen LogP contribution is -2.06. The lowest BCUT2D eigenvalue weighted by molar-refractivity contribution is 0.131. The largest absolute Gasteiger partial charge is 0.399 e. The summed E-state index contributed by atoms with van der Waals surface area (Å²) in [7, 11) is 0. The summed E-state index contributed by atoms with van der Waals surface area (Å²) in [5, 5.41) is 4.54. The van der Waals surface area contributed by atoms with Crippen molar-refractivity contribution in [3.63, 3.8) is 0 Å². The normalized spacial score (nSPS) is 10.8. The smallest absolute Gasteiger partial charge is 0.0743 e. The van der Waals surface area contributed by atoms with Gasteiger partial charge in [-0.2, -0.15) is 0 Å². The Bertz CT molecular complexity index is 542. The summed E-state index contributed by atoms with van der Waals surface area (Å²) >= 11 is 0. The van der Waals surface area contributed by atoms with Crippen molar-refractivity contribution >= 4 is 22.3 Å². The van der Waals surface area contributed by atoms with Gasteiger partial charge in [0.2, 0.25) is 0 Å². The molecule has 0 aliphatic heterocycles. The molecule has 0 radical (unpaired) electrons. The minimum atomic E-state index is 0.742. The number of anilines is 2. The molecule has 1 aromatic heterocycles. The van der Waals surface area contributed by atoms with Gasteiger partial charge >= 0.3 is 0 Å². The molecular formula is C16H23N3O. The Hall–Kier alpha value is -1.81. The summed E-state index contributed by atoms with van der Waals surface area (Å²) in [6, 6.07) is 7.81. The maximum absolute atomic E-state index is 5.78. The highest BCUT2D eigenvalue weighted by atomic mass is 16.5. The Kier molecular flexibility index (Phi) is 5.62. The molecule has 0 bridgehead atoms. The number of pyridine rings is 1. The molecule has 2 aromatic rings. The minimum absolute atomic E-state index is 0.742. The quantitative estimate of drug-likeness (QED) is 0.571. The van der Waals surface area contributed by atoms with Gasteiger partial charge < -0.3 is 15.8 Å². The number of hydrogen-bond acceptors (Lipinski definition) is 4. The van der Waals surface area contributed by atoms with Gasteiger partial charge in [0.15, 0.2) is 0 Å². The first kappa shape index (κ1) is 14.6. The molecule has 0 aliphatic carbocycles. The number of hydrogen-bond donors (Lipinski definition) is 2. The van der Waals surface area contributed by atoms with Crippen LogP contribution >= 0.6 is 0 Å². The van der Waals surface area contributed by atoms with E-state index in [0.717, 1.165) is 54.9 Å². The number of nitrogens with one attached hydrogen (secondary N) is 1. The molecule has 108 valence electrons. The summed E-state index contributed by atoms with van der Waals surface area (Å²) in [6.07, 6.45) is 5.14. The number of nitrogen functional groups attached to an aromatic ring is 1. The highest BCUT2D eigenvalue weighted by molar-refractivity contribution is 5.92. The van der Waals surface area contributed by atoms with Crippen LogP contribution in [0.1, 0.15) is 26.2 Å². The van der Waals surface area contributed by atoms with Crippen LogP contribution in [0.2, 0.25) is 0 Å². The van der Waals surface area contributed by atoms with Crippen LogP contribution < -0.4 is 11.1 Å². The Balaban J connectivity index is 1.84. The molecule has 1 heterocycles. The van der Waals surface area contributed by atoms with Gasteiger partial charge in [-0.3, -0.25) is 4.98 Å². The van der Waals surface area contributed by atoms with Gasteiger partial charge in [0.25, 0.3) is 0 Å². The molecule has 0 spiro atoms. The highest BCUT2D eigenvalue weighted by Gasteiger charge is 2.01. The van der Waals surface area contributed by atoms with E-state index in [0.29, 0.717) is 0 Å². The van der Waals surface area contributed by atoms with E-state index in [1.54, 1.807) is 0 Å². The maximum atomic E-state index is 5.78. The zero-order chi connectivity index (χ0) is 14.2. The molecule has 2 rings (SSSR count). The lowest BCUT2D eigenvalue weighted by atomic mass is 10.1. The van der Waals surface area contributed by atoms with Crippen LogP contribution in [0, 0.1) is 0 Å². The summed E-state index contributed by atoms with van der Waals surface area (Å²) in [6.45, 7) is 4.75. The summed E-state index contributed by atoms with van der Waals surface area (Å²) in [5.41, 5.74) is 8.54. The summed E-state index contributed by atoms with van der Waals surface area (Å²) in [5.74, 6) is 0. The van der Waals surface area contributed by atoms with Crippen molar-refractivity contribution in [2.75, 3.05) is 30.8 Å². The van der Waals surface area contributed by atoms with Crippen molar-refractivity contribution in [1.82, 2.24) is 4.98 Å². The number of nitrogens with zero attached hydrogens (tertiary/aromatic N) is 1. The second kappa shape index (κ2) is 7.70. The van der Waals surface area contributed by atoms with Gasteiger partial charge in [-0.05, 0) is 37.1 Å². The number of unbranched alkanes of at least 4 members (excludes halogenated alkanes) is 1. The van der Waals surface area contributed by atoms with Crippen LogP contribution in [0.5, 0.6) is 0 Å². The number of benzene rings is 1. The van der Waals surface area contributed by atoms with Crippen molar-refractivity contribution in [3.8, 4) is 0 Å². The molecule has 0 atom stereocenters. The van der Waals surface area contributed by atoms with Gasteiger partial charge in [0.05, 0.1) is 5.52 Å². The first-order chi connectivity index (χ1) is 9.81. The third kappa shape index (κ3) is 4.10. The summed E-state index contributed by atoms with van der Waals surface area (Å²) in [4.78, 5) is 4.34. The molecule has 0 unspecified atom stereocenters. The Morgan fingerprint density at radius 2 is 2.05 bits per heavy atom. The third-order valence-corrected chi connectivity index (χ3v) is 3.19. The van der Waals surface area contributed by atoms with Crippen molar-refractivity contribution in [1.29, 1.82) is 0 Å². The second-order valence-electron chi connectivity index (χ2n) is 4.88. The molecule has 0 saturated carbocycles. The van der Waals surface area contributed by atoms with Crippen molar-refractivity contribution in [2.45, 2.75) is 26.2 Å². The lowest BCUT2D eigenvalue weighted by Gasteiger charge is -2.10. The van der Waals surface area contributed by atoms with Crippen LogP contribution in [-0.4, -0.2) is 24.7 Å². The maximum Gasteiger partial charge on any atom is 0.0743 e. The van der Waals surface area contributed by atoms with E-state index < -0.39 is 0 Å². The van der Waals surface area contributed by atoms with Gasteiger partial charge in [0.1, 0.15) is 0 Å². The number of aromatic nitrogens is 1. The molecule has 0 aliphatic rings. The minimum Gasteiger partial charge on any atom is -0.399 e. The van der Waals surface area contributed by atoms with Gasteiger partial charge in [0, 0.05) is 42.7 Å². The number of ether oxygens (including phenoxy) is 1. The molecule has 3 N–H and O–H groups in total. The van der Waals surface area contributed by atoms with E-state index in [1.165, 1.54) is 6.42 Å². The molecule has 20 heavy (non-hydrogen) atoms. The van der Waals surface area contributed by atoms with Crippen LogP contribution in [0.15, 0.2) is 30.5 Å². The molecule has 4 heteroatoms. The van der Waals surface area contributed by atoms with E-state index in [9.17, 15) is 0 Å². The first-order valence-corrected chi connectivity index (χ1v) is 7.27. The second-order valence-corrected chi connectivity index (χ2v) is 4.88. The van der Waals surface area contributed by atoms with Crippen LogP contribution in [0.25, 0.3) is 10.9 Å². The van der Waals surface area contributed by atoms with Crippen LogP contribution in [-0.2, 0) is 4.74 Å². The van der Waals surface area contributed by atoms with E-state index in [-0.39, 0.29) is 0 Å². The van der Waals surface area contributed by atoms with E-state index in [2.05, 4.69) is 17.2 Å². The first-order valence-electron chi connectivity index (χ1n) is 7.27. The monoisotopic (exact) mass is 273 g/mol. The van der Waals surface area contributed by atoms with Gasteiger partial charge in [-0.25, -0.2) is 0 Å². The topological polar surface area (TPSA) is 60.2 Å². The average Bonchev–Trinajstić information content (AvgIpc) is 2.46. The number of nitrogens with two attached hydrogens (primary N) is 1. The van der Waals surface area contributed by atoms with Crippen LogP contribution in [0.3, 0.4) is 0 Å². The van der Waals surface area contributed by atoms with Crippen LogP contribution in [0.4, 0.5) is 11.4 Å². The van der Waals surface area contributed by atoms with E-state index in [4.69, 9.17) is 10.5 Å². The van der Waals surface area contributed by atoms with Gasteiger partial charge in [-0.1, -0.05) is 13.3 Å². The van der Waals surface area contributed by atoms with E-state index >= 15 is 0 Å². The standard InChI is InChI=1S/C16H23N3O/c1-2-3-10-20-11-4-8-18-15-7-9-19-16-12-13(17)5-6-14(15)16/h5-7,9,12H,2-4,8,10-11,17H2,1H3,(H,18,19). The molecule has 0 fully saturated rings. The summed E-state index contributed by atoms with van der Waals surface area (Å²) < 4.78 is 5.55. The van der Waals surface area contributed by atoms with E-state index in [1.807, 2.05) is 30.5 Å². The molecule has 0 amide bonds. The highest BCUT2D eigenvalue weighted by Crippen LogP contribution is 2.23. The average molecular weight is 273 g/mol. The SMILES string of the molecule is CCCCOCCCNc1ccnc2cc(N)ccc12. The Morgan fingerprint density at radius 1 is 1.20 bits per heavy atom. The predicted octanol–water partition coefficient (Wildman–Crippen LogP) is 3.44. The fourth-order valence-corrected chi connectivity index (χ4v) is 2.07. The zero-order valence-corrected chi connectivity index (χ0v) is 12.1. The van der Waals surface area contributed by atoms with Crippen molar-refractivity contribution in [3.05, 3.63) is 30.5 Å². The zero-order valence-electron chi connectivity index (χ0n) is 12.1. The molecule has 4 nitrogen and oxygen atoms in total. The molecule has 1 aromatic carbocycles. The molecule has 0 saturated heterocycles. The third-order valence-electron chi connectivity index (χ3n) is 3.19. The Morgan fingerprint density at radius 3 is 2.90 bits per heavy atom. The fourth-order valence-electron chi connectivity index (χ4n) is 2.07. The number of rotatable bonds is 8.